The van der Waals surface area contributed by atoms with Crippen molar-refractivity contribution in [3.05, 3.63) is 99.5 Å². The molecule has 1 N–H and O–H groups in total. The Kier molecular flexibility index (Phi) is 8.04. The van der Waals surface area contributed by atoms with Crippen molar-refractivity contribution in [3.8, 4) is 11.5 Å². The van der Waals surface area contributed by atoms with E-state index in [1.54, 1.807) is 19.2 Å². The summed E-state index contributed by atoms with van der Waals surface area (Å²) in [5.74, 6) is 2.22. The molecule has 212 valence electrons. The average Bonchev–Trinajstić information content (AvgIpc) is 3.39. The number of nitrogens with one attached hydrogen (secondary N) is 1. The Hall–Kier alpha value is -3.20. The summed E-state index contributed by atoms with van der Waals surface area (Å²) in [6, 6.07) is 9.58. The van der Waals surface area contributed by atoms with E-state index >= 15 is 0 Å². The molecule has 2 unspecified atom stereocenters. The Morgan fingerprint density at radius 2 is 1.80 bits per heavy atom. The minimum Gasteiger partial charge on any atom is -1.00 e. The van der Waals surface area contributed by atoms with E-state index in [9.17, 15) is 13.2 Å². The lowest BCUT2D eigenvalue weighted by Crippen LogP contribution is -3.06. The number of benzene rings is 2. The first kappa shape index (κ1) is 28.3. The van der Waals surface area contributed by atoms with Crippen LogP contribution in [0.5, 0.6) is 11.5 Å². The molecule has 0 saturated carbocycles. The SMILES string of the molecule is CCCCOC1C(OC)=CC=C2C1=C[NH+]1CCc3cc4c(cc3C1=C2Cc1ccc(C(F)(F)F)cc1)OCO4.[Cl-]. The van der Waals surface area contributed by atoms with Gasteiger partial charge in [0.15, 0.2) is 11.5 Å². The number of alkyl halides is 3. The van der Waals surface area contributed by atoms with Crippen LogP contribution in [0, 0.1) is 0 Å². The fourth-order valence-electron chi connectivity index (χ4n) is 5.78. The van der Waals surface area contributed by atoms with Crippen molar-refractivity contribution in [1.82, 2.24) is 0 Å². The van der Waals surface area contributed by atoms with Crippen LogP contribution in [0.25, 0.3) is 5.70 Å². The highest BCUT2D eigenvalue weighted by molar-refractivity contribution is 5.77. The summed E-state index contributed by atoms with van der Waals surface area (Å²) in [4.78, 5) is 1.19. The van der Waals surface area contributed by atoms with Gasteiger partial charge in [0.2, 0.25) is 6.79 Å². The van der Waals surface area contributed by atoms with E-state index in [0.717, 1.165) is 83.0 Å². The zero-order valence-electron chi connectivity index (χ0n) is 22.4. The maximum Gasteiger partial charge on any atom is 0.416 e. The maximum atomic E-state index is 13.3. The second-order valence-corrected chi connectivity index (χ2v) is 10.2. The first-order chi connectivity index (χ1) is 18.9. The standard InChI is InChI=1S/C31H30F3NO4.ClH/c1-3-4-13-37-30-25-17-35-12-11-20-15-27-28(39-18-38-27)16-23(20)29(35)24(22(25)9-10-26(30)36-2)14-19-5-7-21(8-6-19)31(32,33)34;/h5-10,15-17,30H,3-4,11-14,18H2,1-2H3;1H. The molecule has 0 bridgehead atoms. The number of fused-ring (bicyclic) bond motifs is 5. The molecule has 4 aliphatic rings. The highest BCUT2D eigenvalue weighted by atomic mass is 35.5. The van der Waals surface area contributed by atoms with Gasteiger partial charge in [0.25, 0.3) is 0 Å². The summed E-state index contributed by atoms with van der Waals surface area (Å²) in [6.45, 7) is 3.77. The summed E-state index contributed by atoms with van der Waals surface area (Å²) in [5, 5.41) is 0. The van der Waals surface area contributed by atoms with Crippen molar-refractivity contribution >= 4 is 5.70 Å². The number of hydrogen-bond acceptors (Lipinski definition) is 4. The van der Waals surface area contributed by atoms with Gasteiger partial charge >= 0.3 is 6.18 Å². The van der Waals surface area contributed by atoms with E-state index in [1.165, 1.54) is 10.5 Å². The predicted molar refractivity (Wildman–Crippen MR) is 140 cm³/mol. The third-order valence-corrected chi connectivity index (χ3v) is 7.76. The molecule has 3 heterocycles. The molecule has 40 heavy (non-hydrogen) atoms. The number of hydrogen-bond donors (Lipinski definition) is 1. The molecule has 0 amide bonds. The van der Waals surface area contributed by atoms with E-state index in [2.05, 4.69) is 25.3 Å². The molecule has 2 atom stereocenters. The van der Waals surface area contributed by atoms with E-state index in [1.807, 2.05) is 12.1 Å². The molecule has 6 rings (SSSR count). The van der Waals surface area contributed by atoms with Crippen molar-refractivity contribution in [3.63, 3.8) is 0 Å². The van der Waals surface area contributed by atoms with Crippen LogP contribution in [-0.2, 0) is 28.5 Å². The largest absolute Gasteiger partial charge is 1.00 e. The third-order valence-electron chi connectivity index (χ3n) is 7.76. The minimum atomic E-state index is -4.37. The van der Waals surface area contributed by atoms with Gasteiger partial charge in [-0.05, 0) is 53.5 Å². The van der Waals surface area contributed by atoms with Gasteiger partial charge in [0.1, 0.15) is 23.8 Å². The monoisotopic (exact) mass is 573 g/mol. The number of methoxy groups -OCH3 is 1. The Labute approximate surface area is 238 Å². The number of quaternary nitrogens is 1. The van der Waals surface area contributed by atoms with Crippen LogP contribution in [-0.4, -0.2) is 33.2 Å². The molecule has 0 fully saturated rings. The Balaban J connectivity index is 0.00000323. The Bertz CT molecular complexity index is 1410. The van der Waals surface area contributed by atoms with Crippen molar-refractivity contribution < 1.29 is 49.4 Å². The number of halogens is 4. The van der Waals surface area contributed by atoms with Gasteiger partial charge in [-0.2, -0.15) is 13.2 Å². The molecule has 0 saturated heterocycles. The van der Waals surface area contributed by atoms with Crippen LogP contribution < -0.4 is 26.8 Å². The second-order valence-electron chi connectivity index (χ2n) is 10.2. The summed E-state index contributed by atoms with van der Waals surface area (Å²) in [7, 11) is 1.65. The maximum absolute atomic E-state index is 13.3. The van der Waals surface area contributed by atoms with Gasteiger partial charge in [0.05, 0.1) is 19.2 Å². The van der Waals surface area contributed by atoms with Crippen LogP contribution in [0.15, 0.2) is 77.2 Å². The van der Waals surface area contributed by atoms with Crippen LogP contribution in [0.4, 0.5) is 13.2 Å². The average molecular weight is 574 g/mol. The third kappa shape index (κ3) is 5.16. The molecular weight excluding hydrogens is 543 g/mol. The molecule has 1 aliphatic carbocycles. The molecule has 0 radical (unpaired) electrons. The van der Waals surface area contributed by atoms with E-state index in [4.69, 9.17) is 18.9 Å². The molecule has 3 aliphatic heterocycles. The van der Waals surface area contributed by atoms with Crippen molar-refractivity contribution in [2.45, 2.75) is 44.9 Å². The first-order valence-electron chi connectivity index (χ1n) is 13.4. The van der Waals surface area contributed by atoms with E-state index in [-0.39, 0.29) is 25.3 Å². The predicted octanol–water partition coefficient (Wildman–Crippen LogP) is 2.39. The smallest absolute Gasteiger partial charge is 0.416 e. The molecule has 0 spiro atoms. The summed E-state index contributed by atoms with van der Waals surface area (Å²) in [6.07, 6.45) is 4.82. The highest BCUT2D eigenvalue weighted by Gasteiger charge is 2.40. The minimum absolute atomic E-state index is 0. The topological polar surface area (TPSA) is 41.4 Å². The number of ether oxygens (including phenoxy) is 4. The van der Waals surface area contributed by atoms with Gasteiger partial charge in [-0.25, -0.2) is 0 Å². The van der Waals surface area contributed by atoms with Crippen LogP contribution >= 0.6 is 0 Å². The summed E-state index contributed by atoms with van der Waals surface area (Å²) < 4.78 is 63.2. The summed E-state index contributed by atoms with van der Waals surface area (Å²) in [5.41, 5.74) is 6.68. The van der Waals surface area contributed by atoms with E-state index in [0.29, 0.717) is 18.8 Å². The van der Waals surface area contributed by atoms with Gasteiger partial charge < -0.3 is 31.4 Å². The van der Waals surface area contributed by atoms with Gasteiger partial charge in [-0.3, -0.25) is 4.90 Å². The van der Waals surface area contributed by atoms with Gasteiger partial charge in [-0.15, -0.1) is 0 Å². The molecule has 0 aromatic heterocycles. The molecular formula is C31H31ClF3NO4. The van der Waals surface area contributed by atoms with Crippen molar-refractivity contribution in [1.29, 1.82) is 0 Å². The number of unbranched alkanes of at least 4 members (excludes halogenated alkanes) is 1. The Morgan fingerprint density at radius 1 is 1.05 bits per heavy atom. The molecule has 2 aromatic rings. The van der Waals surface area contributed by atoms with Crippen LogP contribution in [0.1, 0.15) is 42.0 Å². The zero-order chi connectivity index (χ0) is 27.1. The van der Waals surface area contributed by atoms with Crippen LogP contribution in [0.2, 0.25) is 0 Å². The highest BCUT2D eigenvalue weighted by Crippen LogP contribution is 2.43. The number of allylic oxidation sites excluding steroid dienone is 3. The van der Waals surface area contributed by atoms with Crippen molar-refractivity contribution in [2.75, 3.05) is 27.1 Å². The summed E-state index contributed by atoms with van der Waals surface area (Å²) >= 11 is 0. The van der Waals surface area contributed by atoms with Crippen LogP contribution in [0.3, 0.4) is 0 Å². The Morgan fingerprint density at radius 3 is 2.50 bits per heavy atom. The van der Waals surface area contributed by atoms with Gasteiger partial charge in [0, 0.05) is 36.2 Å². The number of rotatable bonds is 7. The lowest BCUT2D eigenvalue weighted by molar-refractivity contribution is -0.771. The molecule has 2 aromatic carbocycles. The zero-order valence-corrected chi connectivity index (χ0v) is 23.1. The fourth-order valence-corrected chi connectivity index (χ4v) is 5.78. The lowest BCUT2D eigenvalue weighted by atomic mass is 9.79. The van der Waals surface area contributed by atoms with Crippen molar-refractivity contribution in [2.24, 2.45) is 0 Å². The first-order valence-corrected chi connectivity index (χ1v) is 13.4. The fraction of sp³-hybridized carbons (Fsp3) is 0.355. The van der Waals surface area contributed by atoms with Gasteiger partial charge in [-0.1, -0.05) is 31.6 Å². The lowest BCUT2D eigenvalue weighted by Gasteiger charge is -2.36. The molecule has 9 heteroatoms. The normalized spacial score (nSPS) is 20.9. The second kappa shape index (κ2) is 11.4. The van der Waals surface area contributed by atoms with E-state index < -0.39 is 11.7 Å². The quantitative estimate of drug-likeness (QED) is 0.517. The molecule has 5 nitrogen and oxygen atoms in total.